The summed E-state index contributed by atoms with van der Waals surface area (Å²) in [5, 5.41) is 0. The van der Waals surface area contributed by atoms with Gasteiger partial charge in [0.15, 0.2) is 0 Å². The molecule has 1 fully saturated rings. The topological polar surface area (TPSA) is 49.9 Å². The maximum atomic E-state index is 13.3. The van der Waals surface area contributed by atoms with Gasteiger partial charge in [-0.1, -0.05) is 59.0 Å². The van der Waals surface area contributed by atoms with Crippen LogP contribution in [0.15, 0.2) is 51.8 Å². The monoisotopic (exact) mass is 516 g/mol. The van der Waals surface area contributed by atoms with Crippen LogP contribution in [0, 0.1) is 0 Å². The number of fused-ring (bicyclic) bond motifs is 1. The number of anilines is 1. The Bertz CT molecular complexity index is 1100. The Hall–Kier alpha value is -2.16. The van der Waals surface area contributed by atoms with Gasteiger partial charge in [0.05, 0.1) is 23.3 Å². The van der Waals surface area contributed by atoms with Gasteiger partial charge in [0.2, 0.25) is 0 Å². The lowest BCUT2D eigenvalue weighted by atomic mass is 10.1. The molecule has 0 spiro atoms. The number of methoxy groups -OCH3 is 1. The van der Waals surface area contributed by atoms with Gasteiger partial charge in [-0.15, -0.1) is 0 Å². The smallest absolute Gasteiger partial charge is 0.267 e. The molecule has 5 nitrogen and oxygen atoms in total. The van der Waals surface area contributed by atoms with Crippen LogP contribution in [-0.4, -0.2) is 41.2 Å². The highest BCUT2D eigenvalue weighted by molar-refractivity contribution is 9.10. The third-order valence-corrected chi connectivity index (χ3v) is 7.23. The van der Waals surface area contributed by atoms with Gasteiger partial charge in [0.1, 0.15) is 10.1 Å². The number of ether oxygens (including phenoxy) is 1. The molecular formula is C23H21BrN2O3S2. The van der Waals surface area contributed by atoms with Crippen LogP contribution in [0.3, 0.4) is 0 Å². The van der Waals surface area contributed by atoms with Crippen molar-refractivity contribution in [1.82, 2.24) is 4.90 Å². The normalized spacial score (nSPS) is 18.2. The van der Waals surface area contributed by atoms with E-state index in [0.29, 0.717) is 34.3 Å². The van der Waals surface area contributed by atoms with Gasteiger partial charge in [-0.3, -0.25) is 14.5 Å². The molecule has 0 bridgehead atoms. The first-order chi connectivity index (χ1) is 14.9. The Labute approximate surface area is 199 Å². The molecule has 2 amide bonds. The zero-order valence-electron chi connectivity index (χ0n) is 17.2. The fraction of sp³-hybridized carbons (Fsp3) is 0.261. The molecule has 0 radical (unpaired) electrons. The van der Waals surface area contributed by atoms with Gasteiger partial charge in [-0.25, -0.2) is 0 Å². The van der Waals surface area contributed by atoms with Crippen LogP contribution in [0.25, 0.3) is 5.57 Å². The molecule has 2 heterocycles. The van der Waals surface area contributed by atoms with E-state index < -0.39 is 0 Å². The number of thiocarbonyl (C=S) groups is 1. The van der Waals surface area contributed by atoms with Gasteiger partial charge >= 0.3 is 0 Å². The average Bonchev–Trinajstić information content (AvgIpc) is 3.19. The molecule has 0 atom stereocenters. The Balaban J connectivity index is 1.62. The first-order valence-corrected chi connectivity index (χ1v) is 12.0. The molecule has 4 rings (SSSR count). The highest BCUT2D eigenvalue weighted by atomic mass is 79.9. The number of carbonyl (C=O) groups is 2. The molecule has 31 heavy (non-hydrogen) atoms. The highest BCUT2D eigenvalue weighted by Gasteiger charge is 2.41. The van der Waals surface area contributed by atoms with E-state index in [1.54, 1.807) is 16.9 Å². The number of hydrogen-bond donors (Lipinski definition) is 0. The predicted molar refractivity (Wildman–Crippen MR) is 132 cm³/mol. The Morgan fingerprint density at radius 1 is 1.03 bits per heavy atom. The van der Waals surface area contributed by atoms with E-state index in [1.807, 2.05) is 49.4 Å². The van der Waals surface area contributed by atoms with Crippen molar-refractivity contribution in [3.8, 4) is 5.75 Å². The minimum Gasteiger partial charge on any atom is -0.497 e. The van der Waals surface area contributed by atoms with Crippen LogP contribution in [0.1, 0.15) is 24.5 Å². The minimum absolute atomic E-state index is 0.134. The summed E-state index contributed by atoms with van der Waals surface area (Å²) >= 11 is 10.2. The Kier molecular flexibility index (Phi) is 6.50. The van der Waals surface area contributed by atoms with Crippen LogP contribution in [0.5, 0.6) is 5.75 Å². The molecule has 1 saturated heterocycles. The van der Waals surface area contributed by atoms with E-state index >= 15 is 0 Å². The number of amides is 2. The van der Waals surface area contributed by atoms with Crippen molar-refractivity contribution < 1.29 is 14.3 Å². The molecule has 0 unspecified atom stereocenters. The van der Waals surface area contributed by atoms with Crippen molar-refractivity contribution in [3.63, 3.8) is 0 Å². The van der Waals surface area contributed by atoms with Crippen LogP contribution < -0.4 is 9.64 Å². The molecule has 0 aliphatic carbocycles. The van der Waals surface area contributed by atoms with Crippen LogP contribution >= 0.6 is 39.9 Å². The number of thioether (sulfide) groups is 1. The van der Waals surface area contributed by atoms with Gasteiger partial charge in [-0.2, -0.15) is 0 Å². The van der Waals surface area contributed by atoms with E-state index in [2.05, 4.69) is 15.9 Å². The fourth-order valence-electron chi connectivity index (χ4n) is 3.74. The second-order valence-electron chi connectivity index (χ2n) is 7.25. The van der Waals surface area contributed by atoms with Gasteiger partial charge in [0, 0.05) is 23.1 Å². The van der Waals surface area contributed by atoms with Gasteiger partial charge < -0.3 is 9.64 Å². The highest BCUT2D eigenvalue weighted by Crippen LogP contribution is 2.45. The van der Waals surface area contributed by atoms with Crippen LogP contribution in [-0.2, 0) is 16.0 Å². The molecule has 0 aromatic heterocycles. The molecule has 2 aliphatic rings. The van der Waals surface area contributed by atoms with Crippen LogP contribution in [0.2, 0.25) is 0 Å². The van der Waals surface area contributed by atoms with Crippen LogP contribution in [0.4, 0.5) is 5.69 Å². The lowest BCUT2D eigenvalue weighted by molar-refractivity contribution is -0.122. The number of benzene rings is 2. The summed E-state index contributed by atoms with van der Waals surface area (Å²) in [4.78, 5) is 30.3. The first kappa shape index (κ1) is 22.0. The molecule has 2 aromatic carbocycles. The zero-order chi connectivity index (χ0) is 22.1. The maximum Gasteiger partial charge on any atom is 0.267 e. The second kappa shape index (κ2) is 9.14. The van der Waals surface area contributed by atoms with E-state index in [9.17, 15) is 9.59 Å². The van der Waals surface area contributed by atoms with E-state index in [0.717, 1.165) is 33.5 Å². The van der Waals surface area contributed by atoms with Crippen molar-refractivity contribution in [1.29, 1.82) is 0 Å². The molecular weight excluding hydrogens is 496 g/mol. The lowest BCUT2D eigenvalue weighted by Crippen LogP contribution is -2.31. The maximum absolute atomic E-state index is 13.3. The average molecular weight is 517 g/mol. The largest absolute Gasteiger partial charge is 0.497 e. The molecule has 2 aliphatic heterocycles. The number of nitrogens with zero attached hydrogens (tertiary/aromatic N) is 2. The summed E-state index contributed by atoms with van der Waals surface area (Å²) in [7, 11) is 1.63. The van der Waals surface area contributed by atoms with Gasteiger partial charge in [-0.05, 0) is 48.7 Å². The summed E-state index contributed by atoms with van der Waals surface area (Å²) in [6, 6.07) is 13.5. The lowest BCUT2D eigenvalue weighted by Gasteiger charge is -2.15. The van der Waals surface area contributed by atoms with Crippen molar-refractivity contribution in [3.05, 3.63) is 63.0 Å². The quantitative estimate of drug-likeness (QED) is 0.398. The van der Waals surface area contributed by atoms with E-state index in [-0.39, 0.29) is 11.8 Å². The fourth-order valence-corrected chi connectivity index (χ4v) is 5.49. The third-order valence-electron chi connectivity index (χ3n) is 5.28. The molecule has 0 N–H and O–H groups in total. The summed E-state index contributed by atoms with van der Waals surface area (Å²) in [6.45, 7) is 3.10. The summed E-state index contributed by atoms with van der Waals surface area (Å²) < 4.78 is 6.54. The summed E-state index contributed by atoms with van der Waals surface area (Å²) in [6.07, 6.45) is 1.49. The van der Waals surface area contributed by atoms with Crippen molar-refractivity contribution in [2.75, 3.05) is 25.1 Å². The summed E-state index contributed by atoms with van der Waals surface area (Å²) in [5.41, 5.74) is 3.16. The molecule has 8 heteroatoms. The predicted octanol–water partition coefficient (Wildman–Crippen LogP) is 5.03. The Morgan fingerprint density at radius 2 is 1.77 bits per heavy atom. The zero-order valence-corrected chi connectivity index (χ0v) is 20.4. The molecule has 160 valence electrons. The van der Waals surface area contributed by atoms with Crippen molar-refractivity contribution >= 4 is 67.3 Å². The number of hydrogen-bond acceptors (Lipinski definition) is 5. The first-order valence-electron chi connectivity index (χ1n) is 9.97. The molecule has 2 aromatic rings. The van der Waals surface area contributed by atoms with E-state index in [1.165, 1.54) is 11.8 Å². The number of halogens is 1. The van der Waals surface area contributed by atoms with E-state index in [4.69, 9.17) is 17.0 Å². The van der Waals surface area contributed by atoms with Crippen molar-refractivity contribution in [2.24, 2.45) is 0 Å². The SMILES string of the molecule is CCCN1C(=O)/C(=C2\SC(=S)N(CCc3ccc(OC)cc3)C2=O)c2cc(Br)ccc21. The van der Waals surface area contributed by atoms with Gasteiger partial charge in [0.25, 0.3) is 11.8 Å². The second-order valence-corrected chi connectivity index (χ2v) is 9.81. The van der Waals surface area contributed by atoms with Crippen molar-refractivity contribution in [2.45, 2.75) is 19.8 Å². The molecule has 0 saturated carbocycles. The third kappa shape index (κ3) is 4.16. The Morgan fingerprint density at radius 3 is 2.45 bits per heavy atom. The number of carbonyl (C=O) groups excluding carboxylic acids is 2. The standard InChI is InChI=1S/C23H21BrN2O3S2/c1-3-11-25-18-9-6-15(24)13-17(18)19(21(25)27)20-22(28)26(23(30)31-20)12-10-14-4-7-16(29-2)8-5-14/h4-9,13H,3,10-12H2,1-2H3/b20-19-. The number of rotatable bonds is 6. The minimum atomic E-state index is -0.198. The summed E-state index contributed by atoms with van der Waals surface area (Å²) in [5.74, 6) is 0.460.